The minimum absolute atomic E-state index is 0.0304. The molecule has 0 heterocycles. The topological polar surface area (TPSA) is 64.4 Å². The van der Waals surface area contributed by atoms with Crippen LogP contribution in [0.2, 0.25) is 0 Å². The summed E-state index contributed by atoms with van der Waals surface area (Å²) in [7, 11) is 0. The molecule has 0 fully saturated rings. The van der Waals surface area contributed by atoms with Crippen molar-refractivity contribution in [3.05, 3.63) is 0 Å². The molecule has 1 amide bonds. The van der Waals surface area contributed by atoms with E-state index in [4.69, 9.17) is 5.73 Å². The summed E-state index contributed by atoms with van der Waals surface area (Å²) in [5.74, 6) is -0.381. The molecular formula is C8H15F3N2O2. The highest BCUT2D eigenvalue weighted by Crippen LogP contribution is 2.13. The molecule has 0 saturated carbocycles. The van der Waals surface area contributed by atoms with Gasteiger partial charge in [0.2, 0.25) is 5.91 Å². The van der Waals surface area contributed by atoms with Gasteiger partial charge in [0.15, 0.2) is 0 Å². The van der Waals surface area contributed by atoms with Gasteiger partial charge < -0.3 is 15.8 Å². The molecule has 4 nitrogen and oxygen atoms in total. The number of ether oxygens (including phenoxy) is 1. The van der Waals surface area contributed by atoms with Crippen LogP contribution in [-0.2, 0) is 9.53 Å². The van der Waals surface area contributed by atoms with Gasteiger partial charge in [-0.2, -0.15) is 13.2 Å². The average Bonchev–Trinajstić information content (AvgIpc) is 2.14. The number of halogens is 3. The van der Waals surface area contributed by atoms with Crippen molar-refractivity contribution in [1.29, 1.82) is 0 Å². The average molecular weight is 228 g/mol. The van der Waals surface area contributed by atoms with E-state index in [1.54, 1.807) is 6.92 Å². The van der Waals surface area contributed by atoms with E-state index >= 15 is 0 Å². The first-order valence-corrected chi connectivity index (χ1v) is 4.54. The SMILES string of the molecule is CC[C@H](N)C(=O)NCCOCC(F)(F)F. The summed E-state index contributed by atoms with van der Waals surface area (Å²) < 4.78 is 39.1. The summed E-state index contributed by atoms with van der Waals surface area (Å²) in [6.07, 6.45) is -3.85. The Morgan fingerprint density at radius 1 is 1.53 bits per heavy atom. The summed E-state index contributed by atoms with van der Waals surface area (Å²) in [6.45, 7) is 0.289. The standard InChI is InChI=1S/C8H15F3N2O2/c1-2-6(12)7(14)13-3-4-15-5-8(9,10)11/h6H,2-5,12H2,1H3,(H,13,14)/t6-/m0/s1. The number of nitrogens with two attached hydrogens (primary N) is 1. The van der Waals surface area contributed by atoms with Crippen LogP contribution in [0.3, 0.4) is 0 Å². The zero-order chi connectivity index (χ0) is 11.9. The Bertz CT molecular complexity index is 197. The van der Waals surface area contributed by atoms with Crippen LogP contribution in [0, 0.1) is 0 Å². The van der Waals surface area contributed by atoms with Gasteiger partial charge in [-0.25, -0.2) is 0 Å². The van der Waals surface area contributed by atoms with Gasteiger partial charge in [0.1, 0.15) is 6.61 Å². The highest BCUT2D eigenvalue weighted by atomic mass is 19.4. The Balaban J connectivity index is 3.43. The van der Waals surface area contributed by atoms with Crippen molar-refractivity contribution < 1.29 is 22.7 Å². The highest BCUT2D eigenvalue weighted by molar-refractivity contribution is 5.81. The molecule has 7 heteroatoms. The molecule has 0 aromatic rings. The molecule has 0 radical (unpaired) electrons. The molecule has 0 aromatic heterocycles. The van der Waals surface area contributed by atoms with E-state index in [0.29, 0.717) is 6.42 Å². The molecule has 0 aliphatic carbocycles. The van der Waals surface area contributed by atoms with Crippen molar-refractivity contribution in [2.75, 3.05) is 19.8 Å². The second kappa shape index (κ2) is 6.62. The van der Waals surface area contributed by atoms with Gasteiger partial charge in [-0.3, -0.25) is 4.79 Å². The van der Waals surface area contributed by atoms with Gasteiger partial charge in [-0.1, -0.05) is 6.92 Å². The second-order valence-corrected chi connectivity index (χ2v) is 2.97. The van der Waals surface area contributed by atoms with Gasteiger partial charge in [-0.15, -0.1) is 0 Å². The molecule has 90 valence electrons. The molecular weight excluding hydrogens is 213 g/mol. The smallest absolute Gasteiger partial charge is 0.370 e. The number of hydrogen-bond donors (Lipinski definition) is 2. The van der Waals surface area contributed by atoms with Crippen LogP contribution < -0.4 is 11.1 Å². The van der Waals surface area contributed by atoms with E-state index in [0.717, 1.165) is 0 Å². The van der Waals surface area contributed by atoms with Crippen LogP contribution in [-0.4, -0.2) is 37.9 Å². The summed E-state index contributed by atoms with van der Waals surface area (Å²) in [5.41, 5.74) is 5.37. The predicted octanol–water partition coefficient (Wildman–Crippen LogP) is 0.419. The van der Waals surface area contributed by atoms with Crippen LogP contribution in [0.15, 0.2) is 0 Å². The molecule has 0 rings (SSSR count). The Morgan fingerprint density at radius 3 is 2.60 bits per heavy atom. The lowest BCUT2D eigenvalue weighted by atomic mass is 10.2. The van der Waals surface area contributed by atoms with E-state index in [9.17, 15) is 18.0 Å². The van der Waals surface area contributed by atoms with Crippen molar-refractivity contribution in [1.82, 2.24) is 5.32 Å². The maximum absolute atomic E-state index is 11.6. The normalized spacial score (nSPS) is 13.7. The van der Waals surface area contributed by atoms with Crippen molar-refractivity contribution in [3.8, 4) is 0 Å². The van der Waals surface area contributed by atoms with Gasteiger partial charge in [-0.05, 0) is 6.42 Å². The van der Waals surface area contributed by atoms with E-state index in [-0.39, 0.29) is 19.1 Å². The predicted molar refractivity (Wildman–Crippen MR) is 48.2 cm³/mol. The largest absolute Gasteiger partial charge is 0.411 e. The van der Waals surface area contributed by atoms with Crippen LogP contribution in [0.1, 0.15) is 13.3 Å². The Labute approximate surface area is 86.0 Å². The summed E-state index contributed by atoms with van der Waals surface area (Å²) >= 11 is 0. The molecule has 3 N–H and O–H groups in total. The van der Waals surface area contributed by atoms with Gasteiger partial charge in [0.05, 0.1) is 12.6 Å². The molecule has 0 bridgehead atoms. The number of nitrogens with one attached hydrogen (secondary N) is 1. The van der Waals surface area contributed by atoms with E-state index < -0.39 is 18.8 Å². The van der Waals surface area contributed by atoms with Crippen LogP contribution in [0.25, 0.3) is 0 Å². The van der Waals surface area contributed by atoms with Crippen LogP contribution >= 0.6 is 0 Å². The monoisotopic (exact) mass is 228 g/mol. The third kappa shape index (κ3) is 8.19. The second-order valence-electron chi connectivity index (χ2n) is 2.97. The lowest BCUT2D eigenvalue weighted by Gasteiger charge is -2.11. The van der Waals surface area contributed by atoms with E-state index in [2.05, 4.69) is 10.1 Å². The Morgan fingerprint density at radius 2 is 2.13 bits per heavy atom. The minimum Gasteiger partial charge on any atom is -0.370 e. The summed E-state index contributed by atoms with van der Waals surface area (Å²) in [6, 6.07) is -0.618. The number of carbonyl (C=O) groups is 1. The molecule has 0 unspecified atom stereocenters. The molecule has 1 atom stereocenters. The number of hydrogen-bond acceptors (Lipinski definition) is 3. The maximum atomic E-state index is 11.6. The third-order valence-corrected chi connectivity index (χ3v) is 1.59. The van der Waals surface area contributed by atoms with Gasteiger partial charge >= 0.3 is 6.18 Å². The first-order chi connectivity index (χ1) is 6.87. The fraction of sp³-hybridized carbons (Fsp3) is 0.875. The Hall–Kier alpha value is -0.820. The summed E-state index contributed by atoms with van der Waals surface area (Å²) in [5, 5.41) is 2.36. The molecule has 0 aliphatic heterocycles. The summed E-state index contributed by atoms with van der Waals surface area (Å²) in [4.78, 5) is 11.0. The molecule has 0 saturated heterocycles. The van der Waals surface area contributed by atoms with Crippen LogP contribution in [0.5, 0.6) is 0 Å². The molecule has 0 aromatic carbocycles. The maximum Gasteiger partial charge on any atom is 0.411 e. The van der Waals surface area contributed by atoms with Crippen molar-refractivity contribution in [2.45, 2.75) is 25.6 Å². The Kier molecular flexibility index (Phi) is 6.26. The lowest BCUT2D eigenvalue weighted by Crippen LogP contribution is -2.41. The number of alkyl halides is 3. The zero-order valence-electron chi connectivity index (χ0n) is 8.43. The first-order valence-electron chi connectivity index (χ1n) is 4.54. The van der Waals surface area contributed by atoms with E-state index in [1.165, 1.54) is 0 Å². The number of rotatable bonds is 6. The first kappa shape index (κ1) is 14.2. The highest BCUT2D eigenvalue weighted by Gasteiger charge is 2.27. The van der Waals surface area contributed by atoms with Gasteiger partial charge in [0, 0.05) is 6.54 Å². The van der Waals surface area contributed by atoms with E-state index in [1.807, 2.05) is 0 Å². The zero-order valence-corrected chi connectivity index (χ0v) is 8.43. The molecule has 0 spiro atoms. The third-order valence-electron chi connectivity index (χ3n) is 1.59. The fourth-order valence-electron chi connectivity index (χ4n) is 0.751. The van der Waals surface area contributed by atoms with Crippen LogP contribution in [0.4, 0.5) is 13.2 Å². The van der Waals surface area contributed by atoms with Crippen molar-refractivity contribution >= 4 is 5.91 Å². The number of carbonyl (C=O) groups excluding carboxylic acids is 1. The van der Waals surface area contributed by atoms with Gasteiger partial charge in [0.25, 0.3) is 0 Å². The fourth-order valence-corrected chi connectivity index (χ4v) is 0.751. The molecule has 0 aliphatic rings. The van der Waals surface area contributed by atoms with Crippen molar-refractivity contribution in [2.24, 2.45) is 5.73 Å². The minimum atomic E-state index is -4.33. The molecule has 15 heavy (non-hydrogen) atoms. The lowest BCUT2D eigenvalue weighted by molar-refractivity contribution is -0.173. The quantitative estimate of drug-likeness (QED) is 0.647. The van der Waals surface area contributed by atoms with Crippen molar-refractivity contribution in [3.63, 3.8) is 0 Å². The number of amides is 1.